The number of benzene rings is 1. The highest BCUT2D eigenvalue weighted by atomic mass is 32.2. The third kappa shape index (κ3) is 1.57. The first-order chi connectivity index (χ1) is 6.68. The Hall–Kier alpha value is -1.16. The van der Waals surface area contributed by atoms with Crippen LogP contribution in [-0.2, 0) is 4.79 Å². The molecule has 74 valence electrons. The Labute approximate surface area is 86.5 Å². The van der Waals surface area contributed by atoms with Crippen LogP contribution in [-0.4, -0.2) is 22.9 Å². The van der Waals surface area contributed by atoms with Gasteiger partial charge in [-0.2, -0.15) is 0 Å². The predicted octanol–water partition coefficient (Wildman–Crippen LogP) is 1.97. The van der Waals surface area contributed by atoms with Gasteiger partial charge in [0.25, 0.3) is 0 Å². The highest BCUT2D eigenvalue weighted by Crippen LogP contribution is 2.36. The molecule has 1 unspecified atom stereocenters. The molecule has 1 heterocycles. The van der Waals surface area contributed by atoms with Gasteiger partial charge in [0.05, 0.1) is 5.69 Å². The summed E-state index contributed by atoms with van der Waals surface area (Å²) in [6.07, 6.45) is 0. The molecule has 0 amide bonds. The zero-order valence-corrected chi connectivity index (χ0v) is 8.60. The van der Waals surface area contributed by atoms with Gasteiger partial charge in [0.15, 0.2) is 0 Å². The number of rotatable bonds is 1. The van der Waals surface area contributed by atoms with Gasteiger partial charge < -0.3 is 10.4 Å². The minimum absolute atomic E-state index is 0.371. The molecule has 0 spiro atoms. The Morgan fingerprint density at radius 1 is 1.64 bits per heavy atom. The van der Waals surface area contributed by atoms with Crippen LogP contribution in [0.5, 0.6) is 0 Å². The molecule has 0 saturated carbocycles. The van der Waals surface area contributed by atoms with Gasteiger partial charge in [0.1, 0.15) is 5.25 Å². The second kappa shape index (κ2) is 3.53. The standard InChI is InChI=1S/C10H11NO2S/c1-6-3-2-4-7-9(6)11-5-8(14-7)10(12)13/h2-4,8,11H,5H2,1H3,(H,12,13). The van der Waals surface area contributed by atoms with Crippen LogP contribution in [0.2, 0.25) is 0 Å². The second-order valence-corrected chi connectivity index (χ2v) is 4.52. The van der Waals surface area contributed by atoms with E-state index in [0.29, 0.717) is 6.54 Å². The number of carboxylic acids is 1. The molecule has 0 saturated heterocycles. The molecule has 3 nitrogen and oxygen atoms in total. The quantitative estimate of drug-likeness (QED) is 0.742. The number of aliphatic carboxylic acids is 1. The van der Waals surface area contributed by atoms with E-state index in [2.05, 4.69) is 5.32 Å². The smallest absolute Gasteiger partial charge is 0.318 e. The molecule has 4 heteroatoms. The summed E-state index contributed by atoms with van der Waals surface area (Å²) in [5, 5.41) is 11.7. The van der Waals surface area contributed by atoms with Gasteiger partial charge >= 0.3 is 5.97 Å². The van der Waals surface area contributed by atoms with Crippen LogP contribution in [0.3, 0.4) is 0 Å². The van der Waals surface area contributed by atoms with Crippen molar-refractivity contribution in [3.05, 3.63) is 23.8 Å². The number of fused-ring (bicyclic) bond motifs is 1. The Morgan fingerprint density at radius 2 is 2.43 bits per heavy atom. The van der Waals surface area contributed by atoms with Crippen molar-refractivity contribution < 1.29 is 9.90 Å². The van der Waals surface area contributed by atoms with Crippen molar-refractivity contribution in [3.8, 4) is 0 Å². The fraction of sp³-hybridized carbons (Fsp3) is 0.300. The lowest BCUT2D eigenvalue weighted by atomic mass is 10.2. The van der Waals surface area contributed by atoms with Crippen molar-refractivity contribution in [1.82, 2.24) is 0 Å². The fourth-order valence-electron chi connectivity index (χ4n) is 1.49. The van der Waals surface area contributed by atoms with Crippen LogP contribution in [0, 0.1) is 6.92 Å². The zero-order chi connectivity index (χ0) is 10.1. The number of aryl methyl sites for hydroxylation is 1. The average molecular weight is 209 g/mol. The number of hydrogen-bond acceptors (Lipinski definition) is 3. The first-order valence-corrected chi connectivity index (χ1v) is 5.29. The molecule has 1 aliphatic rings. The topological polar surface area (TPSA) is 49.3 Å². The van der Waals surface area contributed by atoms with Crippen LogP contribution in [0.25, 0.3) is 0 Å². The SMILES string of the molecule is Cc1cccc2c1NCC(C(=O)O)S2. The van der Waals surface area contributed by atoms with Gasteiger partial charge in [-0.25, -0.2) is 0 Å². The number of nitrogens with one attached hydrogen (secondary N) is 1. The average Bonchev–Trinajstić information content (AvgIpc) is 2.17. The van der Waals surface area contributed by atoms with Crippen LogP contribution in [0.4, 0.5) is 5.69 Å². The summed E-state index contributed by atoms with van der Waals surface area (Å²) in [5.41, 5.74) is 2.24. The van der Waals surface area contributed by atoms with E-state index in [0.717, 1.165) is 10.6 Å². The molecule has 1 aliphatic heterocycles. The minimum atomic E-state index is -0.755. The summed E-state index contributed by atoms with van der Waals surface area (Å²) in [5.74, 6) is -0.755. The van der Waals surface area contributed by atoms with Crippen molar-refractivity contribution >= 4 is 23.4 Å². The lowest BCUT2D eigenvalue weighted by molar-refractivity contribution is -0.136. The monoisotopic (exact) mass is 209 g/mol. The largest absolute Gasteiger partial charge is 0.480 e. The first-order valence-electron chi connectivity index (χ1n) is 4.41. The van der Waals surface area contributed by atoms with Crippen molar-refractivity contribution in [2.75, 3.05) is 11.9 Å². The number of hydrogen-bond donors (Lipinski definition) is 2. The number of anilines is 1. The normalized spacial score (nSPS) is 19.6. The maximum Gasteiger partial charge on any atom is 0.318 e. The summed E-state index contributed by atoms with van der Waals surface area (Å²) in [6, 6.07) is 5.93. The lowest BCUT2D eigenvalue weighted by Crippen LogP contribution is -2.29. The number of carbonyl (C=O) groups is 1. The minimum Gasteiger partial charge on any atom is -0.480 e. The van der Waals surface area contributed by atoms with E-state index in [1.807, 2.05) is 25.1 Å². The molecule has 0 radical (unpaired) electrons. The van der Waals surface area contributed by atoms with Crippen LogP contribution < -0.4 is 5.32 Å². The van der Waals surface area contributed by atoms with E-state index in [-0.39, 0.29) is 5.25 Å². The van der Waals surface area contributed by atoms with Crippen molar-refractivity contribution in [1.29, 1.82) is 0 Å². The van der Waals surface area contributed by atoms with Gasteiger partial charge in [-0.1, -0.05) is 12.1 Å². The van der Waals surface area contributed by atoms with Gasteiger partial charge in [0, 0.05) is 11.4 Å². The molecule has 14 heavy (non-hydrogen) atoms. The predicted molar refractivity (Wildman–Crippen MR) is 56.9 cm³/mol. The van der Waals surface area contributed by atoms with Crippen LogP contribution in [0.1, 0.15) is 5.56 Å². The molecule has 1 aromatic carbocycles. The molecule has 1 aromatic rings. The summed E-state index contributed by atoms with van der Waals surface area (Å²) in [7, 11) is 0. The number of thioether (sulfide) groups is 1. The van der Waals surface area contributed by atoms with Crippen LogP contribution >= 0.6 is 11.8 Å². The summed E-state index contributed by atoms with van der Waals surface area (Å²) < 4.78 is 0. The van der Waals surface area contributed by atoms with Gasteiger partial charge in [-0.05, 0) is 18.6 Å². The number of para-hydroxylation sites is 1. The van der Waals surface area contributed by atoms with E-state index in [4.69, 9.17) is 5.11 Å². The first kappa shape index (κ1) is 9.40. The molecule has 0 aliphatic carbocycles. The summed E-state index contributed by atoms with van der Waals surface area (Å²) in [6.45, 7) is 2.52. The van der Waals surface area contributed by atoms with E-state index in [9.17, 15) is 4.79 Å². The van der Waals surface area contributed by atoms with Crippen LogP contribution in [0.15, 0.2) is 23.1 Å². The van der Waals surface area contributed by atoms with E-state index >= 15 is 0 Å². The molecular weight excluding hydrogens is 198 g/mol. The molecule has 0 fully saturated rings. The zero-order valence-electron chi connectivity index (χ0n) is 7.78. The Balaban J connectivity index is 2.31. The highest BCUT2D eigenvalue weighted by molar-refractivity contribution is 8.00. The third-order valence-corrected chi connectivity index (χ3v) is 3.49. The Morgan fingerprint density at radius 3 is 3.14 bits per heavy atom. The summed E-state index contributed by atoms with van der Waals surface area (Å²) in [4.78, 5) is 11.8. The van der Waals surface area contributed by atoms with Crippen molar-refractivity contribution in [2.24, 2.45) is 0 Å². The summed E-state index contributed by atoms with van der Waals surface area (Å²) >= 11 is 1.42. The van der Waals surface area contributed by atoms with Crippen molar-refractivity contribution in [2.45, 2.75) is 17.1 Å². The molecular formula is C10H11NO2S. The van der Waals surface area contributed by atoms with E-state index in [1.165, 1.54) is 17.3 Å². The van der Waals surface area contributed by atoms with Crippen molar-refractivity contribution in [3.63, 3.8) is 0 Å². The third-order valence-electron chi connectivity index (χ3n) is 2.24. The fourth-order valence-corrected chi connectivity index (χ4v) is 2.58. The maximum atomic E-state index is 10.8. The molecule has 0 bridgehead atoms. The van der Waals surface area contributed by atoms with E-state index in [1.54, 1.807) is 0 Å². The molecule has 1 atom stereocenters. The Kier molecular flexibility index (Phi) is 2.37. The second-order valence-electron chi connectivity index (χ2n) is 3.27. The highest BCUT2D eigenvalue weighted by Gasteiger charge is 2.25. The lowest BCUT2D eigenvalue weighted by Gasteiger charge is -2.24. The van der Waals surface area contributed by atoms with Gasteiger partial charge in [0.2, 0.25) is 0 Å². The number of carboxylic acid groups (broad SMARTS) is 1. The molecule has 0 aromatic heterocycles. The Bertz CT molecular complexity index is 378. The van der Waals surface area contributed by atoms with Gasteiger partial charge in [-0.15, -0.1) is 11.8 Å². The molecule has 2 N–H and O–H groups in total. The maximum absolute atomic E-state index is 10.8. The van der Waals surface area contributed by atoms with E-state index < -0.39 is 5.97 Å². The van der Waals surface area contributed by atoms with Gasteiger partial charge in [-0.3, -0.25) is 4.79 Å². The molecule has 2 rings (SSSR count).